The molecule has 0 saturated heterocycles. The summed E-state index contributed by atoms with van der Waals surface area (Å²) in [5, 5.41) is 0. The number of ketones is 1. The molecule has 0 aromatic heterocycles. The summed E-state index contributed by atoms with van der Waals surface area (Å²) in [5.74, 6) is 0.790. The highest BCUT2D eigenvalue weighted by molar-refractivity contribution is 6.01. The van der Waals surface area contributed by atoms with E-state index in [1.165, 1.54) is 30.4 Å². The lowest BCUT2D eigenvalue weighted by atomic mass is 9.44. The number of Topliss-reactive ketones (excluding diaryl/α,β-unsaturated/α-hetero) is 1. The minimum atomic E-state index is -0.303. The maximum absolute atomic E-state index is 12.7. The molecular formula is C16H22O2. The lowest BCUT2D eigenvalue weighted by Gasteiger charge is -2.56. The molecule has 0 amide bonds. The number of rotatable bonds is 2. The number of ether oxygens (including phenoxy) is 1. The normalized spacial score (nSPS) is 43.4. The first-order valence-electron chi connectivity index (χ1n) is 7.01. The third kappa shape index (κ3) is 1.12. The fourth-order valence-corrected chi connectivity index (χ4v) is 4.93. The molecule has 0 radical (unpaired) electrons. The predicted molar refractivity (Wildman–Crippen MR) is 71.0 cm³/mol. The van der Waals surface area contributed by atoms with Gasteiger partial charge in [-0.1, -0.05) is 18.1 Å². The molecule has 2 nitrogen and oxygen atoms in total. The largest absolute Gasteiger partial charge is 0.504 e. The quantitative estimate of drug-likeness (QED) is 0.549. The van der Waals surface area contributed by atoms with Crippen molar-refractivity contribution in [1.29, 1.82) is 0 Å². The number of allylic oxidation sites excluding steroid dienone is 3. The van der Waals surface area contributed by atoms with E-state index in [1.807, 2.05) is 6.26 Å². The summed E-state index contributed by atoms with van der Waals surface area (Å²) < 4.78 is 5.23. The van der Waals surface area contributed by atoms with Gasteiger partial charge in [0.2, 0.25) is 0 Å². The SMILES string of the molecule is CO/C=C1\CC[C@]23CCC[C@H]2C(=O)[C@]13C=C(C)C. The van der Waals surface area contributed by atoms with E-state index in [-0.39, 0.29) is 10.8 Å². The molecule has 0 aromatic rings. The molecule has 3 aliphatic rings. The number of carbonyl (C=O) groups excluding carboxylic acids is 1. The highest BCUT2D eigenvalue weighted by Gasteiger charge is 2.75. The van der Waals surface area contributed by atoms with Gasteiger partial charge >= 0.3 is 0 Å². The van der Waals surface area contributed by atoms with Crippen LogP contribution in [0.15, 0.2) is 23.5 Å². The summed E-state index contributed by atoms with van der Waals surface area (Å²) in [6.07, 6.45) is 9.80. The van der Waals surface area contributed by atoms with Gasteiger partial charge < -0.3 is 4.74 Å². The minimum absolute atomic E-state index is 0.242. The van der Waals surface area contributed by atoms with Crippen LogP contribution in [0.25, 0.3) is 0 Å². The maximum atomic E-state index is 12.7. The summed E-state index contributed by atoms with van der Waals surface area (Å²) in [5.41, 5.74) is 2.40. The Labute approximate surface area is 109 Å². The Balaban J connectivity index is 2.15. The van der Waals surface area contributed by atoms with E-state index in [1.54, 1.807) is 7.11 Å². The number of hydrogen-bond acceptors (Lipinski definition) is 2. The summed E-state index contributed by atoms with van der Waals surface area (Å²) in [6.45, 7) is 4.20. The van der Waals surface area contributed by atoms with Crippen LogP contribution in [0.5, 0.6) is 0 Å². The second kappa shape index (κ2) is 3.72. The third-order valence-electron chi connectivity index (χ3n) is 5.39. The van der Waals surface area contributed by atoms with Crippen molar-refractivity contribution in [3.05, 3.63) is 23.5 Å². The first-order valence-corrected chi connectivity index (χ1v) is 7.01. The molecule has 0 unspecified atom stereocenters. The highest BCUT2D eigenvalue weighted by atomic mass is 16.5. The Morgan fingerprint density at radius 2 is 2.17 bits per heavy atom. The van der Waals surface area contributed by atoms with Gasteiger partial charge in [-0.25, -0.2) is 0 Å². The Morgan fingerprint density at radius 3 is 2.83 bits per heavy atom. The Hall–Kier alpha value is -1.05. The van der Waals surface area contributed by atoms with Crippen molar-refractivity contribution in [2.75, 3.05) is 7.11 Å². The predicted octanol–water partition coefficient (Wildman–Crippen LogP) is 3.63. The molecule has 1 spiro atoms. The first-order chi connectivity index (χ1) is 8.58. The second-order valence-corrected chi connectivity index (χ2v) is 6.37. The number of carbonyl (C=O) groups is 1. The summed E-state index contributed by atoms with van der Waals surface area (Å²) >= 11 is 0. The van der Waals surface area contributed by atoms with Gasteiger partial charge in [0.25, 0.3) is 0 Å². The van der Waals surface area contributed by atoms with Crippen LogP contribution in [0.3, 0.4) is 0 Å². The van der Waals surface area contributed by atoms with Crippen molar-refractivity contribution in [2.24, 2.45) is 16.7 Å². The summed E-state index contributed by atoms with van der Waals surface area (Å²) in [4.78, 5) is 12.7. The Morgan fingerprint density at radius 1 is 1.39 bits per heavy atom. The average Bonchev–Trinajstić information content (AvgIpc) is 2.83. The van der Waals surface area contributed by atoms with Crippen LogP contribution in [0.2, 0.25) is 0 Å². The van der Waals surface area contributed by atoms with E-state index in [0.29, 0.717) is 11.7 Å². The van der Waals surface area contributed by atoms with Crippen molar-refractivity contribution < 1.29 is 9.53 Å². The smallest absolute Gasteiger partial charge is 0.151 e. The number of methoxy groups -OCH3 is 1. The van der Waals surface area contributed by atoms with Gasteiger partial charge in [-0.3, -0.25) is 4.79 Å². The van der Waals surface area contributed by atoms with E-state index in [9.17, 15) is 4.79 Å². The molecule has 3 atom stereocenters. The lowest BCUT2D eigenvalue weighted by Crippen LogP contribution is -2.60. The van der Waals surface area contributed by atoms with Gasteiger partial charge in [0.1, 0.15) is 0 Å². The zero-order valence-corrected chi connectivity index (χ0v) is 11.6. The molecule has 3 saturated carbocycles. The molecule has 3 fully saturated rings. The van der Waals surface area contributed by atoms with Crippen LogP contribution in [-0.4, -0.2) is 12.9 Å². The van der Waals surface area contributed by atoms with Crippen LogP contribution in [-0.2, 0) is 9.53 Å². The zero-order chi connectivity index (χ0) is 13.0. The molecule has 98 valence electrons. The van der Waals surface area contributed by atoms with E-state index in [2.05, 4.69) is 19.9 Å². The fourth-order valence-electron chi connectivity index (χ4n) is 4.93. The van der Waals surface area contributed by atoms with E-state index >= 15 is 0 Å². The van der Waals surface area contributed by atoms with Crippen LogP contribution >= 0.6 is 0 Å². The molecule has 18 heavy (non-hydrogen) atoms. The molecule has 0 aromatic carbocycles. The minimum Gasteiger partial charge on any atom is -0.504 e. The van der Waals surface area contributed by atoms with Crippen molar-refractivity contribution >= 4 is 5.78 Å². The van der Waals surface area contributed by atoms with Gasteiger partial charge in [0.15, 0.2) is 5.78 Å². The third-order valence-corrected chi connectivity index (χ3v) is 5.39. The molecule has 0 heterocycles. The van der Waals surface area contributed by atoms with Crippen molar-refractivity contribution in [3.63, 3.8) is 0 Å². The van der Waals surface area contributed by atoms with Crippen LogP contribution in [0, 0.1) is 16.7 Å². The monoisotopic (exact) mass is 246 g/mol. The van der Waals surface area contributed by atoms with Gasteiger partial charge in [0.05, 0.1) is 18.8 Å². The second-order valence-electron chi connectivity index (χ2n) is 6.37. The summed E-state index contributed by atoms with van der Waals surface area (Å²) in [6, 6.07) is 0. The van der Waals surface area contributed by atoms with E-state index in [0.717, 1.165) is 12.8 Å². The standard InChI is InChI=1S/C16H22O2/c1-11(2)9-16-12(10-18-3)6-8-15(16)7-4-5-13(15)14(16)17/h9-10,13H,4-8H2,1-3H3/b12-10+/t13-,15+,16-/m0/s1. The van der Waals surface area contributed by atoms with Crippen LogP contribution < -0.4 is 0 Å². The molecule has 3 aliphatic carbocycles. The van der Waals surface area contributed by atoms with Gasteiger partial charge in [-0.15, -0.1) is 0 Å². The van der Waals surface area contributed by atoms with Crippen LogP contribution in [0.4, 0.5) is 0 Å². The Bertz CT molecular complexity index is 456. The number of hydrogen-bond donors (Lipinski definition) is 0. The van der Waals surface area contributed by atoms with Crippen molar-refractivity contribution in [3.8, 4) is 0 Å². The Kier molecular flexibility index (Phi) is 2.48. The van der Waals surface area contributed by atoms with Crippen LogP contribution in [0.1, 0.15) is 46.0 Å². The zero-order valence-electron chi connectivity index (χ0n) is 11.6. The van der Waals surface area contributed by atoms with E-state index in [4.69, 9.17) is 4.74 Å². The molecule has 2 heteroatoms. The fraction of sp³-hybridized carbons (Fsp3) is 0.688. The first kappa shape index (κ1) is 12.0. The lowest BCUT2D eigenvalue weighted by molar-refractivity contribution is -0.156. The molecule has 0 aliphatic heterocycles. The maximum Gasteiger partial charge on any atom is 0.151 e. The van der Waals surface area contributed by atoms with Gasteiger partial charge in [-0.05, 0) is 45.1 Å². The van der Waals surface area contributed by atoms with Crippen molar-refractivity contribution in [1.82, 2.24) is 0 Å². The van der Waals surface area contributed by atoms with Crippen molar-refractivity contribution in [2.45, 2.75) is 46.0 Å². The molecule has 3 rings (SSSR count). The highest BCUT2D eigenvalue weighted by Crippen LogP contribution is 2.75. The average molecular weight is 246 g/mol. The van der Waals surface area contributed by atoms with Gasteiger partial charge in [0, 0.05) is 11.3 Å². The summed E-state index contributed by atoms with van der Waals surface area (Å²) in [7, 11) is 1.68. The molecule has 0 N–H and O–H groups in total. The van der Waals surface area contributed by atoms with Gasteiger partial charge in [-0.2, -0.15) is 0 Å². The molecular weight excluding hydrogens is 224 g/mol. The topological polar surface area (TPSA) is 26.3 Å². The molecule has 0 bridgehead atoms. The van der Waals surface area contributed by atoms with E-state index < -0.39 is 0 Å².